The summed E-state index contributed by atoms with van der Waals surface area (Å²) >= 11 is 21.5. The van der Waals surface area contributed by atoms with Gasteiger partial charge in [0, 0.05) is 12.6 Å². The number of hydrogen-bond donors (Lipinski definition) is 2. The number of carbonyl (C=O) groups excluding carboxylic acids is 2. The van der Waals surface area contributed by atoms with Crippen LogP contribution in [0.5, 0.6) is 0 Å². The Bertz CT molecular complexity index is 445. The second-order valence-electron chi connectivity index (χ2n) is 5.00. The van der Waals surface area contributed by atoms with Crippen LogP contribution >= 0.6 is 47.0 Å². The highest BCUT2D eigenvalue weighted by Gasteiger charge is 2.38. The van der Waals surface area contributed by atoms with Crippen LogP contribution in [0.4, 0.5) is 4.79 Å². The van der Waals surface area contributed by atoms with Crippen LogP contribution in [0.3, 0.4) is 0 Å². The van der Waals surface area contributed by atoms with Crippen LogP contribution in [0.1, 0.15) is 26.2 Å². The Morgan fingerprint density at radius 3 is 2.61 bits per heavy atom. The minimum atomic E-state index is -1.68. The number of nitrogens with one attached hydrogen (secondary N) is 2. The quantitative estimate of drug-likeness (QED) is 0.280. The van der Waals surface area contributed by atoms with E-state index in [0.29, 0.717) is 12.8 Å². The number of ether oxygens (including phenoxy) is 2. The summed E-state index contributed by atoms with van der Waals surface area (Å²) in [4.78, 5) is 23.6. The van der Waals surface area contributed by atoms with Crippen molar-refractivity contribution in [1.82, 2.24) is 10.6 Å². The number of rotatable bonds is 8. The standard InChI is InChI=1S/C13H19Cl3N2O4S/c1-2-17-10(23)4-3-9-8(11(19)18-9)5-6-21-12(20)22-7-13(14,15)16/h8-9H,2-7H2,1H3,(H,17,23)(H,18,19)/t8-,9-/m1/s1. The Balaban J connectivity index is 2.21. The van der Waals surface area contributed by atoms with Crippen LogP contribution in [0.25, 0.3) is 0 Å². The van der Waals surface area contributed by atoms with Crippen molar-refractivity contribution >= 4 is 64.1 Å². The van der Waals surface area contributed by atoms with Crippen molar-refractivity contribution in [2.24, 2.45) is 5.92 Å². The molecule has 0 unspecified atom stereocenters. The summed E-state index contributed by atoms with van der Waals surface area (Å²) in [6.07, 6.45) is 0.935. The van der Waals surface area contributed by atoms with Gasteiger partial charge in [-0.25, -0.2) is 4.79 Å². The van der Waals surface area contributed by atoms with Gasteiger partial charge in [0.05, 0.1) is 17.5 Å². The normalized spacial score (nSPS) is 20.3. The lowest BCUT2D eigenvalue weighted by molar-refractivity contribution is -0.136. The molecule has 0 aliphatic carbocycles. The van der Waals surface area contributed by atoms with Gasteiger partial charge in [-0.2, -0.15) is 0 Å². The first-order chi connectivity index (χ1) is 10.7. The molecular formula is C13H19Cl3N2O4S. The molecule has 1 aliphatic heterocycles. The van der Waals surface area contributed by atoms with E-state index < -0.39 is 16.6 Å². The van der Waals surface area contributed by atoms with Gasteiger partial charge in [0.2, 0.25) is 9.70 Å². The van der Waals surface area contributed by atoms with Crippen molar-refractivity contribution in [3.63, 3.8) is 0 Å². The molecule has 0 radical (unpaired) electrons. The van der Waals surface area contributed by atoms with E-state index >= 15 is 0 Å². The third kappa shape index (κ3) is 8.24. The average Bonchev–Trinajstić information content (AvgIpc) is 2.45. The van der Waals surface area contributed by atoms with Crippen molar-refractivity contribution < 1.29 is 19.1 Å². The Hall–Kier alpha value is -0.500. The first-order valence-corrected chi connectivity index (χ1v) is 8.70. The van der Waals surface area contributed by atoms with Gasteiger partial charge in [0.15, 0.2) is 0 Å². The van der Waals surface area contributed by atoms with Crippen LogP contribution in [-0.4, -0.2) is 46.6 Å². The van der Waals surface area contributed by atoms with E-state index in [0.717, 1.165) is 18.0 Å². The van der Waals surface area contributed by atoms with Crippen LogP contribution in [-0.2, 0) is 14.3 Å². The fraction of sp³-hybridized carbons (Fsp3) is 0.769. The Labute approximate surface area is 155 Å². The molecule has 1 amide bonds. The average molecular weight is 406 g/mol. The monoisotopic (exact) mass is 404 g/mol. The van der Waals surface area contributed by atoms with E-state index in [9.17, 15) is 9.59 Å². The highest BCUT2D eigenvalue weighted by atomic mass is 35.6. The fourth-order valence-electron chi connectivity index (χ4n) is 2.11. The number of halogens is 3. The molecule has 0 spiro atoms. The molecule has 6 nitrogen and oxygen atoms in total. The predicted octanol–water partition coefficient (Wildman–Crippen LogP) is 2.73. The molecule has 2 atom stereocenters. The summed E-state index contributed by atoms with van der Waals surface area (Å²) in [6.45, 7) is 2.42. The molecule has 132 valence electrons. The fourth-order valence-corrected chi connectivity index (χ4v) is 2.53. The molecule has 1 aliphatic rings. The van der Waals surface area contributed by atoms with Crippen molar-refractivity contribution in [3.05, 3.63) is 0 Å². The number of hydrogen-bond acceptors (Lipinski definition) is 5. The maximum Gasteiger partial charge on any atom is 0.508 e. The zero-order valence-corrected chi connectivity index (χ0v) is 15.7. The lowest BCUT2D eigenvalue weighted by Gasteiger charge is -2.36. The molecule has 0 bridgehead atoms. The summed E-state index contributed by atoms with van der Waals surface area (Å²) in [5.74, 6) is -0.247. The summed E-state index contributed by atoms with van der Waals surface area (Å²) in [7, 11) is 0. The first kappa shape index (κ1) is 20.5. The Morgan fingerprint density at radius 1 is 1.35 bits per heavy atom. The topological polar surface area (TPSA) is 76.7 Å². The van der Waals surface area contributed by atoms with E-state index in [1.54, 1.807) is 0 Å². The summed E-state index contributed by atoms with van der Waals surface area (Å²) in [5.41, 5.74) is 0. The van der Waals surface area contributed by atoms with Crippen LogP contribution < -0.4 is 10.6 Å². The van der Waals surface area contributed by atoms with Crippen molar-refractivity contribution in [2.75, 3.05) is 19.8 Å². The van der Waals surface area contributed by atoms with Gasteiger partial charge in [-0.3, -0.25) is 4.79 Å². The molecule has 1 rings (SSSR count). The van der Waals surface area contributed by atoms with E-state index in [-0.39, 0.29) is 24.5 Å². The third-order valence-electron chi connectivity index (χ3n) is 3.21. The largest absolute Gasteiger partial charge is 0.508 e. The molecule has 0 aromatic rings. The SMILES string of the molecule is CCNC(=S)CC[C@H]1NC(=O)[C@@H]1CCOC(=O)OCC(Cl)(Cl)Cl. The number of amides is 1. The first-order valence-electron chi connectivity index (χ1n) is 7.16. The molecular weight excluding hydrogens is 387 g/mol. The zero-order valence-electron chi connectivity index (χ0n) is 12.6. The van der Waals surface area contributed by atoms with Gasteiger partial charge in [-0.05, 0) is 26.2 Å². The van der Waals surface area contributed by atoms with Crippen LogP contribution in [0, 0.1) is 5.92 Å². The Kier molecular flexibility index (Phi) is 8.68. The molecule has 1 fully saturated rings. The maximum absolute atomic E-state index is 11.6. The van der Waals surface area contributed by atoms with Gasteiger partial charge in [-0.15, -0.1) is 0 Å². The lowest BCUT2D eigenvalue weighted by atomic mass is 9.85. The summed E-state index contributed by atoms with van der Waals surface area (Å²) in [5, 5.41) is 5.88. The van der Waals surface area contributed by atoms with Gasteiger partial charge in [0.1, 0.15) is 6.61 Å². The van der Waals surface area contributed by atoms with Crippen LogP contribution in [0.15, 0.2) is 0 Å². The Morgan fingerprint density at radius 2 is 2.04 bits per heavy atom. The molecule has 1 saturated heterocycles. The second kappa shape index (κ2) is 9.71. The highest BCUT2D eigenvalue weighted by molar-refractivity contribution is 7.80. The predicted molar refractivity (Wildman–Crippen MR) is 93.1 cm³/mol. The maximum atomic E-state index is 11.6. The lowest BCUT2D eigenvalue weighted by Crippen LogP contribution is -2.58. The number of thiocarbonyl (C=S) groups is 1. The molecule has 0 aromatic heterocycles. The molecule has 0 saturated carbocycles. The number of alkyl halides is 3. The summed E-state index contributed by atoms with van der Waals surface area (Å²) in [6, 6.07) is 0.0416. The third-order valence-corrected chi connectivity index (χ3v) is 3.88. The molecule has 23 heavy (non-hydrogen) atoms. The van der Waals surface area contributed by atoms with E-state index in [1.165, 1.54) is 0 Å². The van der Waals surface area contributed by atoms with E-state index in [2.05, 4.69) is 15.4 Å². The minimum Gasteiger partial charge on any atom is -0.434 e. The van der Waals surface area contributed by atoms with E-state index in [4.69, 9.17) is 51.8 Å². The molecule has 10 heteroatoms. The smallest absolute Gasteiger partial charge is 0.434 e. The van der Waals surface area contributed by atoms with Gasteiger partial charge < -0.3 is 20.1 Å². The van der Waals surface area contributed by atoms with Crippen LogP contribution in [0.2, 0.25) is 0 Å². The van der Waals surface area contributed by atoms with Crippen molar-refractivity contribution in [3.8, 4) is 0 Å². The zero-order chi connectivity index (χ0) is 17.5. The van der Waals surface area contributed by atoms with E-state index in [1.807, 2.05) is 6.92 Å². The molecule has 2 N–H and O–H groups in total. The number of carbonyl (C=O) groups is 2. The van der Waals surface area contributed by atoms with Gasteiger partial charge in [0.25, 0.3) is 0 Å². The highest BCUT2D eigenvalue weighted by Crippen LogP contribution is 2.26. The van der Waals surface area contributed by atoms with Gasteiger partial charge >= 0.3 is 6.16 Å². The molecule has 0 aromatic carbocycles. The second-order valence-corrected chi connectivity index (χ2v) is 8.01. The van der Waals surface area contributed by atoms with Crippen molar-refractivity contribution in [2.45, 2.75) is 36.0 Å². The number of β-lactam (4-membered cyclic amide) rings is 1. The minimum absolute atomic E-state index is 0.0416. The summed E-state index contributed by atoms with van der Waals surface area (Å²) < 4.78 is 7.79. The van der Waals surface area contributed by atoms with Gasteiger partial charge in [-0.1, -0.05) is 47.0 Å². The molecule has 1 heterocycles. The van der Waals surface area contributed by atoms with Crippen molar-refractivity contribution in [1.29, 1.82) is 0 Å².